The Morgan fingerprint density at radius 1 is 1.61 bits per heavy atom. The molecule has 7 heteroatoms. The van der Waals surface area contributed by atoms with Crippen LogP contribution in [-0.2, 0) is 10.8 Å². The molecular weight excluding hydrogens is 316 g/mol. The maximum atomic E-state index is 11.3. The predicted octanol–water partition coefficient (Wildman–Crippen LogP) is 2.06. The van der Waals surface area contributed by atoms with Crippen LogP contribution in [0.4, 0.5) is 5.82 Å². The number of fused-ring (bicyclic) bond motifs is 1. The first-order valence-corrected chi connectivity index (χ1v) is 8.04. The van der Waals surface area contributed by atoms with Gasteiger partial charge in [0.1, 0.15) is 4.60 Å². The van der Waals surface area contributed by atoms with Crippen molar-refractivity contribution in [2.75, 3.05) is 18.1 Å². The molecule has 2 heterocycles. The topological polar surface area (TPSA) is 59.3 Å². The van der Waals surface area contributed by atoms with E-state index in [0.717, 1.165) is 29.0 Å². The van der Waals surface area contributed by atoms with Gasteiger partial charge >= 0.3 is 0 Å². The van der Waals surface area contributed by atoms with Gasteiger partial charge in [-0.05, 0) is 22.4 Å². The zero-order chi connectivity index (χ0) is 13.1. The monoisotopic (exact) mass is 330 g/mol. The molecule has 1 N–H and O–H groups in total. The number of hydrogen-bond donors (Lipinski definition) is 1. The molecule has 0 saturated carbocycles. The normalized spacial score (nSPS) is 14.6. The second-order valence-corrected chi connectivity index (χ2v) is 6.71. The molecule has 0 saturated heterocycles. The van der Waals surface area contributed by atoms with Gasteiger partial charge in [0, 0.05) is 47.4 Å². The van der Waals surface area contributed by atoms with Gasteiger partial charge in [0.2, 0.25) is 0 Å². The highest BCUT2D eigenvalue weighted by Gasteiger charge is 2.08. The molecule has 0 aliphatic rings. The van der Waals surface area contributed by atoms with E-state index in [4.69, 9.17) is 0 Å². The third-order valence-electron chi connectivity index (χ3n) is 2.75. The van der Waals surface area contributed by atoms with Crippen molar-refractivity contribution in [1.29, 1.82) is 0 Å². The van der Waals surface area contributed by atoms with Crippen LogP contribution in [0, 0.1) is 0 Å². The van der Waals surface area contributed by atoms with Crippen LogP contribution in [0.1, 0.15) is 13.3 Å². The molecule has 18 heavy (non-hydrogen) atoms. The van der Waals surface area contributed by atoms with Gasteiger partial charge in [-0.1, -0.05) is 6.92 Å². The molecule has 2 rings (SSSR count). The van der Waals surface area contributed by atoms with Crippen LogP contribution in [0.15, 0.2) is 23.2 Å². The molecule has 2 unspecified atom stereocenters. The van der Waals surface area contributed by atoms with E-state index < -0.39 is 10.8 Å². The summed E-state index contributed by atoms with van der Waals surface area (Å²) < 4.78 is 13.9. The molecule has 0 fully saturated rings. The number of anilines is 1. The molecule has 2 atom stereocenters. The molecule has 0 radical (unpaired) electrons. The zero-order valence-electron chi connectivity index (χ0n) is 10.3. The molecule has 5 nitrogen and oxygen atoms in total. The van der Waals surface area contributed by atoms with Crippen LogP contribution in [0.2, 0.25) is 0 Å². The van der Waals surface area contributed by atoms with Crippen molar-refractivity contribution < 1.29 is 4.21 Å². The van der Waals surface area contributed by atoms with Crippen molar-refractivity contribution >= 4 is 38.2 Å². The van der Waals surface area contributed by atoms with Gasteiger partial charge in [-0.2, -0.15) is 0 Å². The lowest BCUT2D eigenvalue weighted by molar-refractivity contribution is 0.672. The summed E-state index contributed by atoms with van der Waals surface area (Å²) in [5.41, 5.74) is 0.795. The number of rotatable bonds is 5. The van der Waals surface area contributed by atoms with Crippen molar-refractivity contribution in [2.24, 2.45) is 0 Å². The van der Waals surface area contributed by atoms with Gasteiger partial charge < -0.3 is 9.72 Å². The second-order valence-electron chi connectivity index (χ2n) is 4.10. The summed E-state index contributed by atoms with van der Waals surface area (Å²) in [6, 6.07) is 0. The fourth-order valence-corrected chi connectivity index (χ4v) is 2.43. The summed E-state index contributed by atoms with van der Waals surface area (Å²) in [6.45, 7) is 2.71. The van der Waals surface area contributed by atoms with Gasteiger partial charge in [0.05, 0.1) is 0 Å². The lowest BCUT2D eigenvalue weighted by Crippen LogP contribution is -2.15. The SMILES string of the molecule is CC(CCNc1nc(Br)cn2ccnc12)S(C)=O. The highest BCUT2D eigenvalue weighted by Crippen LogP contribution is 2.16. The average Bonchev–Trinajstić information content (AvgIpc) is 2.76. The molecule has 0 amide bonds. The highest BCUT2D eigenvalue weighted by atomic mass is 79.9. The lowest BCUT2D eigenvalue weighted by Gasteiger charge is -2.10. The summed E-state index contributed by atoms with van der Waals surface area (Å²) in [4.78, 5) is 8.61. The van der Waals surface area contributed by atoms with E-state index in [0.29, 0.717) is 0 Å². The van der Waals surface area contributed by atoms with Crippen LogP contribution in [-0.4, -0.2) is 36.6 Å². The minimum atomic E-state index is -0.782. The van der Waals surface area contributed by atoms with Gasteiger partial charge in [-0.25, -0.2) is 9.97 Å². The van der Waals surface area contributed by atoms with Gasteiger partial charge in [0.25, 0.3) is 0 Å². The first-order valence-electron chi connectivity index (χ1n) is 5.63. The van der Waals surface area contributed by atoms with Gasteiger partial charge in [0.15, 0.2) is 11.5 Å². The standard InChI is InChI=1S/C11H15BrN4OS/c1-8(18(2)17)3-4-13-10-11-14-5-6-16(11)7-9(12)15-10/h5-8H,3-4H2,1-2H3,(H,13,15). The number of nitrogens with zero attached hydrogens (tertiary/aromatic N) is 3. The number of nitrogens with one attached hydrogen (secondary N) is 1. The lowest BCUT2D eigenvalue weighted by atomic mass is 10.3. The van der Waals surface area contributed by atoms with Crippen LogP contribution >= 0.6 is 15.9 Å². The summed E-state index contributed by atoms with van der Waals surface area (Å²) in [6.07, 6.45) is 8.03. The van der Waals surface area contributed by atoms with E-state index in [1.165, 1.54) is 0 Å². The van der Waals surface area contributed by atoms with Crippen LogP contribution in [0.3, 0.4) is 0 Å². The van der Waals surface area contributed by atoms with E-state index >= 15 is 0 Å². The van der Waals surface area contributed by atoms with Crippen LogP contribution < -0.4 is 5.32 Å². The molecule has 0 aliphatic carbocycles. The number of imidazole rings is 1. The van der Waals surface area contributed by atoms with E-state index in [1.54, 1.807) is 12.5 Å². The molecular formula is C11H15BrN4OS. The Bertz CT molecular complexity index is 571. The molecule has 2 aromatic rings. The van der Waals surface area contributed by atoms with Crippen molar-refractivity contribution in [3.63, 3.8) is 0 Å². The van der Waals surface area contributed by atoms with Crippen molar-refractivity contribution in [1.82, 2.24) is 14.4 Å². The van der Waals surface area contributed by atoms with Gasteiger partial charge in [-0.3, -0.25) is 4.21 Å². The summed E-state index contributed by atoms with van der Waals surface area (Å²) in [5.74, 6) is 0.739. The fraction of sp³-hybridized carbons (Fsp3) is 0.455. The Kier molecular flexibility index (Phi) is 4.34. The molecule has 0 aromatic carbocycles. The maximum absolute atomic E-state index is 11.3. The Labute approximate surface area is 117 Å². The molecule has 0 aliphatic heterocycles. The Morgan fingerprint density at radius 2 is 2.39 bits per heavy atom. The minimum absolute atomic E-state index is 0.181. The van der Waals surface area contributed by atoms with E-state index in [1.807, 2.05) is 23.7 Å². The van der Waals surface area contributed by atoms with Crippen molar-refractivity contribution in [2.45, 2.75) is 18.6 Å². The van der Waals surface area contributed by atoms with E-state index in [-0.39, 0.29) is 5.25 Å². The Morgan fingerprint density at radius 3 is 3.11 bits per heavy atom. The van der Waals surface area contributed by atoms with Crippen molar-refractivity contribution in [3.05, 3.63) is 23.2 Å². The molecule has 0 bridgehead atoms. The van der Waals surface area contributed by atoms with Crippen molar-refractivity contribution in [3.8, 4) is 0 Å². The quantitative estimate of drug-likeness (QED) is 0.911. The first-order chi connectivity index (χ1) is 8.58. The summed E-state index contributed by atoms with van der Waals surface area (Å²) in [7, 11) is -0.782. The summed E-state index contributed by atoms with van der Waals surface area (Å²) >= 11 is 3.36. The smallest absolute Gasteiger partial charge is 0.180 e. The van der Waals surface area contributed by atoms with Crippen LogP contribution in [0.5, 0.6) is 0 Å². The highest BCUT2D eigenvalue weighted by molar-refractivity contribution is 9.10. The van der Waals surface area contributed by atoms with E-state index in [2.05, 4.69) is 31.2 Å². The molecule has 2 aromatic heterocycles. The predicted molar refractivity (Wildman–Crippen MR) is 77.3 cm³/mol. The Hall–Kier alpha value is -0.950. The minimum Gasteiger partial charge on any atom is -0.367 e. The van der Waals surface area contributed by atoms with Gasteiger partial charge in [-0.15, -0.1) is 0 Å². The zero-order valence-corrected chi connectivity index (χ0v) is 12.7. The van der Waals surface area contributed by atoms with E-state index in [9.17, 15) is 4.21 Å². The number of aromatic nitrogens is 3. The third kappa shape index (κ3) is 3.08. The maximum Gasteiger partial charge on any atom is 0.180 e. The van der Waals surface area contributed by atoms with Crippen LogP contribution in [0.25, 0.3) is 5.65 Å². The molecule has 98 valence electrons. The largest absolute Gasteiger partial charge is 0.367 e. The number of hydrogen-bond acceptors (Lipinski definition) is 4. The Balaban J connectivity index is 2.07. The average molecular weight is 331 g/mol. The fourth-order valence-electron chi connectivity index (χ4n) is 1.58. The first kappa shape index (κ1) is 13.5. The summed E-state index contributed by atoms with van der Waals surface area (Å²) in [5, 5.41) is 3.42. The third-order valence-corrected chi connectivity index (χ3v) is 4.51. The number of halogens is 1. The molecule has 0 spiro atoms. The second kappa shape index (κ2) is 5.79.